The van der Waals surface area contributed by atoms with E-state index in [4.69, 9.17) is 11.6 Å². The van der Waals surface area contributed by atoms with Crippen molar-refractivity contribution in [3.8, 4) is 11.1 Å². The summed E-state index contributed by atoms with van der Waals surface area (Å²) in [5, 5.41) is 3.28. The molecule has 3 aromatic rings. The average molecular weight is 412 g/mol. The van der Waals surface area contributed by atoms with Gasteiger partial charge in [-0.1, -0.05) is 41.9 Å². The molecular weight excluding hydrogens is 394 g/mol. The van der Waals surface area contributed by atoms with Gasteiger partial charge in [0.05, 0.1) is 10.6 Å². The van der Waals surface area contributed by atoms with Gasteiger partial charge >= 0.3 is 0 Å². The molecule has 0 bridgehead atoms. The summed E-state index contributed by atoms with van der Waals surface area (Å²) < 4.78 is 24.7. The van der Waals surface area contributed by atoms with Gasteiger partial charge in [-0.25, -0.2) is 8.42 Å². The molecule has 6 heteroatoms. The van der Waals surface area contributed by atoms with Crippen molar-refractivity contribution in [3.63, 3.8) is 0 Å². The summed E-state index contributed by atoms with van der Waals surface area (Å²) >= 11 is 5.79. The first kappa shape index (κ1) is 18.7. The Bertz CT molecular complexity index is 1150. The van der Waals surface area contributed by atoms with E-state index in [2.05, 4.69) is 17.4 Å². The fraction of sp³-hybridized carbons (Fsp3) is 0.136. The molecule has 3 aromatic carbocycles. The normalized spacial score (nSPS) is 12.3. The van der Waals surface area contributed by atoms with E-state index in [1.165, 1.54) is 41.0 Å². The minimum Gasteiger partial charge on any atom is -0.326 e. The molecule has 0 unspecified atom stereocenters. The van der Waals surface area contributed by atoms with Crippen molar-refractivity contribution in [2.24, 2.45) is 0 Å². The molecule has 28 heavy (non-hydrogen) atoms. The number of halogens is 1. The third-order valence-corrected chi connectivity index (χ3v) is 6.84. The van der Waals surface area contributed by atoms with Crippen molar-refractivity contribution in [1.29, 1.82) is 0 Å². The number of nitrogens with one attached hydrogen (secondary N) is 1. The van der Waals surface area contributed by atoms with Gasteiger partial charge < -0.3 is 5.32 Å². The third kappa shape index (κ3) is 3.81. The summed E-state index contributed by atoms with van der Waals surface area (Å²) in [4.78, 5) is 12.5. The molecule has 1 aliphatic rings. The molecule has 0 saturated carbocycles. The Hall–Kier alpha value is -2.63. The first-order valence-electron chi connectivity index (χ1n) is 8.92. The standard InChI is InChI=1S/C22H18ClNO3S/c23-17-6-9-19(10-7-17)28(26,27)12-11-22(25)24-18-8-5-16-13-15-3-1-2-4-20(15)21(16)14-18/h1-10,14H,11-13H2,(H,24,25). The summed E-state index contributed by atoms with van der Waals surface area (Å²) in [6.07, 6.45) is 0.775. The second kappa shape index (κ2) is 7.41. The van der Waals surface area contributed by atoms with Crippen molar-refractivity contribution < 1.29 is 13.2 Å². The summed E-state index contributed by atoms with van der Waals surface area (Å²) in [5.74, 6) is -0.586. The van der Waals surface area contributed by atoms with Gasteiger partial charge in [0.25, 0.3) is 0 Å². The lowest BCUT2D eigenvalue weighted by molar-refractivity contribution is -0.115. The van der Waals surface area contributed by atoms with Gasteiger partial charge in [0.15, 0.2) is 9.84 Å². The Morgan fingerprint density at radius 1 is 0.929 bits per heavy atom. The zero-order valence-corrected chi connectivity index (χ0v) is 16.6. The van der Waals surface area contributed by atoms with Crippen LogP contribution < -0.4 is 5.32 Å². The van der Waals surface area contributed by atoms with Crippen molar-refractivity contribution in [2.45, 2.75) is 17.7 Å². The van der Waals surface area contributed by atoms with E-state index in [0.717, 1.165) is 12.0 Å². The maximum absolute atomic E-state index is 12.4. The van der Waals surface area contributed by atoms with E-state index in [1.807, 2.05) is 30.3 Å². The molecule has 0 saturated heterocycles. The highest BCUT2D eigenvalue weighted by atomic mass is 35.5. The number of fused-ring (bicyclic) bond motifs is 3. The van der Waals surface area contributed by atoms with Crippen molar-refractivity contribution in [3.05, 3.63) is 82.9 Å². The lowest BCUT2D eigenvalue weighted by Crippen LogP contribution is -2.17. The van der Waals surface area contributed by atoms with Crippen LogP contribution >= 0.6 is 11.6 Å². The van der Waals surface area contributed by atoms with Gasteiger partial charge in [-0.3, -0.25) is 4.79 Å². The van der Waals surface area contributed by atoms with Crippen LogP contribution in [0.15, 0.2) is 71.6 Å². The van der Waals surface area contributed by atoms with E-state index in [1.54, 1.807) is 0 Å². The Morgan fingerprint density at radius 2 is 1.64 bits per heavy atom. The van der Waals surface area contributed by atoms with Crippen LogP contribution in [0.3, 0.4) is 0 Å². The van der Waals surface area contributed by atoms with E-state index in [9.17, 15) is 13.2 Å². The fourth-order valence-corrected chi connectivity index (χ4v) is 4.78. The quantitative estimate of drug-likeness (QED) is 0.517. The molecule has 1 N–H and O–H groups in total. The molecule has 0 spiro atoms. The Morgan fingerprint density at radius 3 is 2.43 bits per heavy atom. The van der Waals surface area contributed by atoms with Crippen LogP contribution in [0.1, 0.15) is 17.5 Å². The number of hydrogen-bond donors (Lipinski definition) is 1. The predicted molar refractivity (Wildman–Crippen MR) is 111 cm³/mol. The molecule has 0 fully saturated rings. The molecule has 1 aliphatic carbocycles. The number of amides is 1. The van der Waals surface area contributed by atoms with Gasteiger partial charge in [-0.05, 0) is 65.1 Å². The molecule has 0 aromatic heterocycles. The monoisotopic (exact) mass is 411 g/mol. The van der Waals surface area contributed by atoms with Gasteiger partial charge in [0, 0.05) is 17.1 Å². The number of hydrogen-bond acceptors (Lipinski definition) is 3. The van der Waals surface area contributed by atoms with E-state index in [-0.39, 0.29) is 23.0 Å². The predicted octanol–water partition coefficient (Wildman–Crippen LogP) is 4.71. The van der Waals surface area contributed by atoms with Gasteiger partial charge in [0.2, 0.25) is 5.91 Å². The van der Waals surface area contributed by atoms with Gasteiger partial charge in [-0.2, -0.15) is 0 Å². The van der Waals surface area contributed by atoms with Crippen molar-refractivity contribution >= 4 is 33.0 Å². The first-order valence-corrected chi connectivity index (χ1v) is 10.9. The Kier molecular flexibility index (Phi) is 4.96. The SMILES string of the molecule is O=C(CCS(=O)(=O)c1ccc(Cl)cc1)Nc1ccc2c(c1)-c1ccccc1C2. The van der Waals surface area contributed by atoms with E-state index < -0.39 is 9.84 Å². The lowest BCUT2D eigenvalue weighted by atomic mass is 10.1. The van der Waals surface area contributed by atoms with Crippen molar-refractivity contribution in [2.75, 3.05) is 11.1 Å². The summed E-state index contributed by atoms with van der Waals surface area (Å²) in [6, 6.07) is 20.0. The maximum atomic E-state index is 12.4. The smallest absolute Gasteiger partial charge is 0.225 e. The molecule has 142 valence electrons. The molecule has 0 aliphatic heterocycles. The number of rotatable bonds is 5. The second-order valence-electron chi connectivity index (χ2n) is 6.78. The number of sulfone groups is 1. The number of benzene rings is 3. The molecule has 4 nitrogen and oxygen atoms in total. The molecule has 0 radical (unpaired) electrons. The van der Waals surface area contributed by atoms with Crippen LogP contribution in [0.5, 0.6) is 0 Å². The van der Waals surface area contributed by atoms with Gasteiger partial charge in [-0.15, -0.1) is 0 Å². The Labute approximate surface area is 169 Å². The van der Waals surface area contributed by atoms with Crippen LogP contribution in [0, 0.1) is 0 Å². The number of anilines is 1. The van der Waals surface area contributed by atoms with Gasteiger partial charge in [0.1, 0.15) is 0 Å². The zero-order valence-electron chi connectivity index (χ0n) is 15.0. The van der Waals surface area contributed by atoms with Crippen molar-refractivity contribution in [1.82, 2.24) is 0 Å². The highest BCUT2D eigenvalue weighted by Crippen LogP contribution is 2.37. The molecule has 0 atom stereocenters. The fourth-order valence-electron chi connectivity index (χ4n) is 3.41. The average Bonchev–Trinajstić information content (AvgIpc) is 3.05. The highest BCUT2D eigenvalue weighted by Gasteiger charge is 2.19. The number of carbonyl (C=O) groups excluding carboxylic acids is 1. The van der Waals surface area contributed by atoms with E-state index in [0.29, 0.717) is 10.7 Å². The van der Waals surface area contributed by atoms with Crippen LogP contribution in [0.4, 0.5) is 5.69 Å². The van der Waals surface area contributed by atoms with Crippen LogP contribution in [-0.2, 0) is 21.1 Å². The lowest BCUT2D eigenvalue weighted by Gasteiger charge is -2.09. The maximum Gasteiger partial charge on any atom is 0.225 e. The van der Waals surface area contributed by atoms with Crippen LogP contribution in [0.25, 0.3) is 11.1 Å². The summed E-state index contributed by atoms with van der Waals surface area (Å²) in [7, 11) is -3.53. The molecular formula is C22H18ClNO3S. The molecule has 4 rings (SSSR count). The minimum absolute atomic E-state index is 0.112. The first-order chi connectivity index (χ1) is 13.4. The molecule has 1 amide bonds. The van der Waals surface area contributed by atoms with Crippen LogP contribution in [0.2, 0.25) is 5.02 Å². The third-order valence-electron chi connectivity index (χ3n) is 4.85. The summed E-state index contributed by atoms with van der Waals surface area (Å²) in [5.41, 5.74) is 5.46. The number of carbonyl (C=O) groups is 1. The van der Waals surface area contributed by atoms with E-state index >= 15 is 0 Å². The topological polar surface area (TPSA) is 63.2 Å². The minimum atomic E-state index is -3.53. The largest absolute Gasteiger partial charge is 0.326 e. The van der Waals surface area contributed by atoms with Crippen LogP contribution in [-0.4, -0.2) is 20.1 Å². The summed E-state index contributed by atoms with van der Waals surface area (Å²) in [6.45, 7) is 0. The highest BCUT2D eigenvalue weighted by molar-refractivity contribution is 7.91. The molecule has 0 heterocycles. The Balaban J connectivity index is 1.43. The zero-order chi connectivity index (χ0) is 19.7. The second-order valence-corrected chi connectivity index (χ2v) is 9.32.